The largest absolute Gasteiger partial charge is 0.481 e. The minimum Gasteiger partial charge on any atom is -0.481 e. The molecule has 0 saturated carbocycles. The van der Waals surface area contributed by atoms with Crippen LogP contribution in [0.25, 0.3) is 0 Å². The molecule has 1 rings (SSSR count). The zero-order valence-corrected chi connectivity index (χ0v) is 7.89. The second-order valence-electron chi connectivity index (χ2n) is 3.22. The van der Waals surface area contributed by atoms with Crippen LogP contribution in [-0.2, 0) is 4.79 Å². The molecule has 0 aliphatic heterocycles. The lowest BCUT2D eigenvalue weighted by Gasteiger charge is -2.13. The lowest BCUT2D eigenvalue weighted by molar-refractivity contribution is -0.137. The molecule has 1 aromatic rings. The van der Waals surface area contributed by atoms with E-state index >= 15 is 0 Å². The maximum absolute atomic E-state index is 10.6. The van der Waals surface area contributed by atoms with Gasteiger partial charge in [0, 0.05) is 6.61 Å². The second kappa shape index (κ2) is 5.40. The fourth-order valence-electron chi connectivity index (χ4n) is 1.48. The highest BCUT2D eigenvalue weighted by atomic mass is 16.4. The molecule has 3 nitrogen and oxygen atoms in total. The van der Waals surface area contributed by atoms with E-state index in [2.05, 4.69) is 0 Å². The van der Waals surface area contributed by atoms with Gasteiger partial charge < -0.3 is 10.2 Å². The summed E-state index contributed by atoms with van der Waals surface area (Å²) in [6.07, 6.45) is 0.570. The van der Waals surface area contributed by atoms with Gasteiger partial charge in [-0.25, -0.2) is 0 Å². The molecule has 14 heavy (non-hydrogen) atoms. The summed E-state index contributed by atoms with van der Waals surface area (Å²) in [6.45, 7) is 0.0207. The second-order valence-corrected chi connectivity index (χ2v) is 3.22. The van der Waals surface area contributed by atoms with Crippen molar-refractivity contribution < 1.29 is 15.0 Å². The quantitative estimate of drug-likeness (QED) is 0.749. The fraction of sp³-hybridized carbons (Fsp3) is 0.364. The van der Waals surface area contributed by atoms with E-state index in [1.807, 2.05) is 30.3 Å². The summed E-state index contributed by atoms with van der Waals surface area (Å²) in [5.41, 5.74) is 0.976. The first-order chi connectivity index (χ1) is 6.74. The monoisotopic (exact) mass is 194 g/mol. The van der Waals surface area contributed by atoms with Gasteiger partial charge in [-0.3, -0.25) is 4.79 Å². The number of aliphatic hydroxyl groups excluding tert-OH is 1. The Labute approximate surface area is 83.0 Å². The van der Waals surface area contributed by atoms with Crippen LogP contribution in [0, 0.1) is 0 Å². The Morgan fingerprint density at radius 2 is 1.93 bits per heavy atom. The molecule has 3 heteroatoms. The molecular formula is C11H14O3. The van der Waals surface area contributed by atoms with Crippen LogP contribution >= 0.6 is 0 Å². The topological polar surface area (TPSA) is 57.5 Å². The summed E-state index contributed by atoms with van der Waals surface area (Å²) in [7, 11) is 0. The molecule has 76 valence electrons. The van der Waals surface area contributed by atoms with Crippen molar-refractivity contribution in [3.8, 4) is 0 Å². The Hall–Kier alpha value is -1.35. The predicted molar refractivity (Wildman–Crippen MR) is 53.1 cm³/mol. The van der Waals surface area contributed by atoms with Crippen molar-refractivity contribution in [2.24, 2.45) is 0 Å². The minimum absolute atomic E-state index is 0.0207. The number of aliphatic hydroxyl groups is 1. The van der Waals surface area contributed by atoms with Crippen molar-refractivity contribution in [2.75, 3.05) is 6.61 Å². The van der Waals surface area contributed by atoms with Gasteiger partial charge in [0.2, 0.25) is 0 Å². The van der Waals surface area contributed by atoms with E-state index in [-0.39, 0.29) is 18.9 Å². The molecule has 0 aliphatic carbocycles. The Balaban J connectivity index is 2.72. The van der Waals surface area contributed by atoms with Crippen LogP contribution in [0.15, 0.2) is 30.3 Å². The molecule has 0 heterocycles. The fourth-order valence-corrected chi connectivity index (χ4v) is 1.48. The smallest absolute Gasteiger partial charge is 0.303 e. The third-order valence-electron chi connectivity index (χ3n) is 2.17. The third-order valence-corrected chi connectivity index (χ3v) is 2.17. The lowest BCUT2D eigenvalue weighted by Crippen LogP contribution is -2.07. The molecule has 0 saturated heterocycles. The van der Waals surface area contributed by atoms with Gasteiger partial charge in [0.25, 0.3) is 0 Å². The molecule has 0 aromatic heterocycles. The summed E-state index contributed by atoms with van der Waals surface area (Å²) >= 11 is 0. The summed E-state index contributed by atoms with van der Waals surface area (Å²) in [6, 6.07) is 9.43. The molecule has 0 spiro atoms. The van der Waals surface area contributed by atoms with Crippen LogP contribution in [0.2, 0.25) is 0 Å². The highest BCUT2D eigenvalue weighted by Gasteiger charge is 2.14. The Morgan fingerprint density at radius 3 is 2.43 bits per heavy atom. The standard InChI is InChI=1S/C11H14O3/c12-7-6-10(8-11(13)14)9-4-2-1-3-5-9/h1-5,10,12H,6-8H2,(H,13,14)/t10-/m0/s1. The van der Waals surface area contributed by atoms with Crippen molar-refractivity contribution in [1.29, 1.82) is 0 Å². The molecule has 1 aromatic carbocycles. The predicted octanol–water partition coefficient (Wildman–Crippen LogP) is 1.63. The summed E-state index contributed by atoms with van der Waals surface area (Å²) in [5.74, 6) is -0.911. The molecule has 1 atom stereocenters. The zero-order chi connectivity index (χ0) is 10.4. The molecule has 0 aliphatic rings. The normalized spacial score (nSPS) is 12.4. The average molecular weight is 194 g/mol. The van der Waals surface area contributed by atoms with E-state index in [4.69, 9.17) is 10.2 Å². The summed E-state index contributed by atoms with van der Waals surface area (Å²) in [5, 5.41) is 17.5. The summed E-state index contributed by atoms with van der Waals surface area (Å²) in [4.78, 5) is 10.6. The van der Waals surface area contributed by atoms with Gasteiger partial charge in [0.1, 0.15) is 0 Å². The van der Waals surface area contributed by atoms with Crippen molar-refractivity contribution in [1.82, 2.24) is 0 Å². The molecule has 0 unspecified atom stereocenters. The first-order valence-corrected chi connectivity index (χ1v) is 4.61. The maximum atomic E-state index is 10.6. The molecule has 2 N–H and O–H groups in total. The highest BCUT2D eigenvalue weighted by Crippen LogP contribution is 2.22. The van der Waals surface area contributed by atoms with Crippen molar-refractivity contribution in [3.05, 3.63) is 35.9 Å². The van der Waals surface area contributed by atoms with Gasteiger partial charge in [-0.1, -0.05) is 30.3 Å². The molecule has 0 amide bonds. The van der Waals surface area contributed by atoms with E-state index in [0.717, 1.165) is 5.56 Å². The van der Waals surface area contributed by atoms with Crippen molar-refractivity contribution >= 4 is 5.97 Å². The molecular weight excluding hydrogens is 180 g/mol. The van der Waals surface area contributed by atoms with Gasteiger partial charge in [-0.2, -0.15) is 0 Å². The number of carboxylic acids is 1. The van der Waals surface area contributed by atoms with E-state index < -0.39 is 5.97 Å². The lowest BCUT2D eigenvalue weighted by atomic mass is 9.93. The Morgan fingerprint density at radius 1 is 1.29 bits per heavy atom. The van der Waals surface area contributed by atoms with Crippen molar-refractivity contribution in [3.63, 3.8) is 0 Å². The maximum Gasteiger partial charge on any atom is 0.303 e. The van der Waals surface area contributed by atoms with E-state index in [1.165, 1.54) is 0 Å². The van der Waals surface area contributed by atoms with E-state index in [0.29, 0.717) is 6.42 Å². The van der Waals surface area contributed by atoms with Gasteiger partial charge in [-0.15, -0.1) is 0 Å². The van der Waals surface area contributed by atoms with Gasteiger partial charge in [-0.05, 0) is 17.9 Å². The van der Waals surface area contributed by atoms with Crippen LogP contribution in [0.5, 0.6) is 0 Å². The number of rotatable bonds is 5. The molecule has 0 fully saturated rings. The van der Waals surface area contributed by atoms with Crippen molar-refractivity contribution in [2.45, 2.75) is 18.8 Å². The van der Waals surface area contributed by atoms with E-state index in [1.54, 1.807) is 0 Å². The first kappa shape index (κ1) is 10.7. The Kier molecular flexibility index (Phi) is 4.13. The number of carbonyl (C=O) groups is 1. The number of carboxylic acid groups (broad SMARTS) is 1. The van der Waals surface area contributed by atoms with Crippen LogP contribution in [-0.4, -0.2) is 22.8 Å². The third kappa shape index (κ3) is 3.18. The van der Waals surface area contributed by atoms with Gasteiger partial charge in [0.05, 0.1) is 6.42 Å². The molecule has 0 radical (unpaired) electrons. The van der Waals surface area contributed by atoms with Gasteiger partial charge >= 0.3 is 5.97 Å². The number of hydrogen-bond acceptors (Lipinski definition) is 2. The minimum atomic E-state index is -0.827. The molecule has 0 bridgehead atoms. The Bertz CT molecular complexity index is 282. The van der Waals surface area contributed by atoms with E-state index in [9.17, 15) is 4.79 Å². The summed E-state index contributed by atoms with van der Waals surface area (Å²) < 4.78 is 0. The zero-order valence-electron chi connectivity index (χ0n) is 7.89. The SMILES string of the molecule is O=C(O)C[C@H](CCO)c1ccccc1. The number of aliphatic carboxylic acids is 1. The number of hydrogen-bond donors (Lipinski definition) is 2. The number of benzene rings is 1. The highest BCUT2D eigenvalue weighted by molar-refractivity contribution is 5.68. The van der Waals surface area contributed by atoms with Crippen LogP contribution in [0.4, 0.5) is 0 Å². The first-order valence-electron chi connectivity index (χ1n) is 4.61. The van der Waals surface area contributed by atoms with Crippen LogP contribution < -0.4 is 0 Å². The van der Waals surface area contributed by atoms with Crippen LogP contribution in [0.1, 0.15) is 24.3 Å². The average Bonchev–Trinajstić information content (AvgIpc) is 2.18. The van der Waals surface area contributed by atoms with Crippen LogP contribution in [0.3, 0.4) is 0 Å². The van der Waals surface area contributed by atoms with Gasteiger partial charge in [0.15, 0.2) is 0 Å².